The van der Waals surface area contributed by atoms with Crippen LogP contribution in [-0.4, -0.2) is 72.3 Å². The highest BCUT2D eigenvalue weighted by atomic mass is 16.6. The first-order valence-electron chi connectivity index (χ1n) is 12.2. The van der Waals surface area contributed by atoms with Crippen LogP contribution < -0.4 is 0 Å². The van der Waals surface area contributed by atoms with E-state index >= 15 is 0 Å². The van der Waals surface area contributed by atoms with E-state index in [0.717, 1.165) is 38.0 Å². The van der Waals surface area contributed by atoms with E-state index in [1.807, 2.05) is 24.4 Å². The third kappa shape index (κ3) is 4.43. The number of carbonyl (C=O) groups is 1. The van der Waals surface area contributed by atoms with Gasteiger partial charge in [0.05, 0.1) is 18.6 Å². The molecule has 3 aliphatic heterocycles. The van der Waals surface area contributed by atoms with E-state index in [9.17, 15) is 4.79 Å². The highest BCUT2D eigenvalue weighted by molar-refractivity contribution is 5.69. The molecular weight excluding hydrogens is 420 g/mol. The Kier molecular flexibility index (Phi) is 6.00. The van der Waals surface area contributed by atoms with Gasteiger partial charge in [0, 0.05) is 32.1 Å². The molecule has 3 saturated heterocycles. The lowest BCUT2D eigenvalue weighted by atomic mass is 9.68. The van der Waals surface area contributed by atoms with Crippen LogP contribution in [0.3, 0.4) is 0 Å². The fourth-order valence-electron chi connectivity index (χ4n) is 5.94. The molecule has 1 amide bonds. The van der Waals surface area contributed by atoms with Crippen molar-refractivity contribution in [3.8, 4) is 0 Å². The number of aromatic nitrogens is 1. The maximum Gasteiger partial charge on any atom is 0.410 e. The average Bonchev–Trinajstić information content (AvgIpc) is 3.68. The molecule has 0 bridgehead atoms. The van der Waals surface area contributed by atoms with Gasteiger partial charge >= 0.3 is 6.09 Å². The van der Waals surface area contributed by atoms with Crippen molar-refractivity contribution in [2.45, 2.75) is 76.0 Å². The molecule has 4 fully saturated rings. The standard InChI is InChI=1S/C26H36N2O5/c1-17(2)8-9-21-25(3,33-21)23-22(30-4)20(10-11-26(23)16-31-26)32-24(29)28-14-18(15-28)13-19-7-5-6-12-27-19/h5-8,12,18,20-23H,9-11,13-16H2,1-4H3/t20?,21-,22?,23?,25+,26?/m1/s1. The predicted molar refractivity (Wildman–Crippen MR) is 123 cm³/mol. The van der Waals surface area contributed by atoms with Crippen LogP contribution in [0.2, 0.25) is 0 Å². The molecule has 0 aromatic carbocycles. The normalized spacial score (nSPS) is 37.4. The Bertz CT molecular complexity index is 891. The Hall–Kier alpha value is -1.96. The summed E-state index contributed by atoms with van der Waals surface area (Å²) in [6.45, 7) is 8.53. The lowest BCUT2D eigenvalue weighted by Gasteiger charge is -2.44. The van der Waals surface area contributed by atoms with Gasteiger partial charge in [0.15, 0.2) is 0 Å². The molecule has 1 spiro atoms. The van der Waals surface area contributed by atoms with Crippen LogP contribution in [0.4, 0.5) is 4.79 Å². The Morgan fingerprint density at radius 2 is 2.12 bits per heavy atom. The van der Waals surface area contributed by atoms with Crippen molar-refractivity contribution in [2.75, 3.05) is 26.8 Å². The summed E-state index contributed by atoms with van der Waals surface area (Å²) in [6, 6.07) is 5.96. The van der Waals surface area contributed by atoms with Crippen molar-refractivity contribution in [1.29, 1.82) is 0 Å². The Labute approximate surface area is 196 Å². The van der Waals surface area contributed by atoms with Gasteiger partial charge in [0.25, 0.3) is 0 Å². The molecule has 1 aromatic heterocycles. The number of ether oxygens (including phenoxy) is 4. The summed E-state index contributed by atoms with van der Waals surface area (Å²) >= 11 is 0. The van der Waals surface area contributed by atoms with Crippen LogP contribution in [-0.2, 0) is 25.4 Å². The number of nitrogens with zero attached hydrogens (tertiary/aromatic N) is 2. The van der Waals surface area contributed by atoms with E-state index in [1.54, 1.807) is 12.0 Å². The minimum atomic E-state index is -0.321. The first kappa shape index (κ1) is 22.8. The fraction of sp³-hybridized carbons (Fsp3) is 0.692. The first-order valence-corrected chi connectivity index (χ1v) is 12.2. The number of likely N-dealkylation sites (tertiary alicyclic amines) is 1. The lowest BCUT2D eigenvalue weighted by molar-refractivity contribution is -0.124. The maximum atomic E-state index is 12.9. The molecule has 4 heterocycles. The monoisotopic (exact) mass is 456 g/mol. The van der Waals surface area contributed by atoms with Gasteiger partial charge in [0.2, 0.25) is 0 Å². The van der Waals surface area contributed by atoms with Gasteiger partial charge in [-0.15, -0.1) is 0 Å². The molecule has 7 heteroatoms. The second kappa shape index (κ2) is 8.67. The van der Waals surface area contributed by atoms with Crippen LogP contribution in [0.5, 0.6) is 0 Å². The Morgan fingerprint density at radius 1 is 1.33 bits per heavy atom. The van der Waals surface area contributed by atoms with Gasteiger partial charge < -0.3 is 23.8 Å². The molecule has 180 valence electrons. The maximum absolute atomic E-state index is 12.9. The predicted octanol–water partition coefficient (Wildman–Crippen LogP) is 3.77. The molecule has 5 rings (SSSR count). The van der Waals surface area contributed by atoms with Crippen LogP contribution in [0, 0.1) is 11.8 Å². The fourth-order valence-corrected chi connectivity index (χ4v) is 5.94. The molecule has 1 aromatic rings. The third-order valence-electron chi connectivity index (χ3n) is 7.93. The second-order valence-corrected chi connectivity index (χ2v) is 10.6. The largest absolute Gasteiger partial charge is 0.443 e. The van der Waals surface area contributed by atoms with Gasteiger partial charge in [-0.05, 0) is 64.5 Å². The number of methoxy groups -OCH3 is 1. The number of carbonyl (C=O) groups excluding carboxylic acids is 1. The number of allylic oxidation sites excluding steroid dienone is 1. The number of hydrogen-bond donors (Lipinski definition) is 0. The second-order valence-electron chi connectivity index (χ2n) is 10.6. The van der Waals surface area contributed by atoms with Gasteiger partial charge in [-0.1, -0.05) is 17.7 Å². The molecule has 0 N–H and O–H groups in total. The van der Waals surface area contributed by atoms with E-state index in [0.29, 0.717) is 19.0 Å². The summed E-state index contributed by atoms with van der Waals surface area (Å²) in [5.74, 6) is 0.480. The number of rotatable bonds is 7. The highest BCUT2D eigenvalue weighted by Gasteiger charge is 2.72. The van der Waals surface area contributed by atoms with Crippen LogP contribution in [0.1, 0.15) is 45.7 Å². The first-order chi connectivity index (χ1) is 15.8. The molecule has 6 atom stereocenters. The molecule has 1 aliphatic carbocycles. The summed E-state index contributed by atoms with van der Waals surface area (Å²) in [4.78, 5) is 19.1. The molecule has 4 unspecified atom stereocenters. The molecule has 1 saturated carbocycles. The van der Waals surface area contributed by atoms with E-state index < -0.39 is 0 Å². The number of epoxide rings is 2. The van der Waals surface area contributed by atoms with Crippen molar-refractivity contribution < 1.29 is 23.7 Å². The number of hydrogen-bond acceptors (Lipinski definition) is 6. The minimum absolute atomic E-state index is 0.0467. The quantitative estimate of drug-likeness (QED) is 0.459. The molecule has 33 heavy (non-hydrogen) atoms. The van der Waals surface area contributed by atoms with Gasteiger partial charge in [0.1, 0.15) is 23.4 Å². The van der Waals surface area contributed by atoms with Crippen molar-refractivity contribution in [3.05, 3.63) is 41.7 Å². The molecular formula is C26H36N2O5. The number of pyridine rings is 1. The van der Waals surface area contributed by atoms with Crippen molar-refractivity contribution in [2.24, 2.45) is 11.8 Å². The van der Waals surface area contributed by atoms with Crippen molar-refractivity contribution in [3.63, 3.8) is 0 Å². The van der Waals surface area contributed by atoms with E-state index in [2.05, 4.69) is 31.8 Å². The summed E-state index contributed by atoms with van der Waals surface area (Å²) in [5.41, 5.74) is 1.83. The smallest absolute Gasteiger partial charge is 0.410 e. The number of amides is 1. The Morgan fingerprint density at radius 3 is 2.76 bits per heavy atom. The third-order valence-corrected chi connectivity index (χ3v) is 7.93. The minimum Gasteiger partial charge on any atom is -0.443 e. The van der Waals surface area contributed by atoms with E-state index in [1.165, 1.54) is 5.57 Å². The summed E-state index contributed by atoms with van der Waals surface area (Å²) < 4.78 is 24.3. The van der Waals surface area contributed by atoms with E-state index in [-0.39, 0.29) is 41.5 Å². The van der Waals surface area contributed by atoms with Crippen LogP contribution in [0.25, 0.3) is 0 Å². The molecule has 0 radical (unpaired) electrons. The van der Waals surface area contributed by atoms with E-state index in [4.69, 9.17) is 18.9 Å². The highest BCUT2D eigenvalue weighted by Crippen LogP contribution is 2.59. The van der Waals surface area contributed by atoms with Crippen LogP contribution in [0.15, 0.2) is 36.0 Å². The summed E-state index contributed by atoms with van der Waals surface area (Å²) in [7, 11) is 1.71. The zero-order valence-corrected chi connectivity index (χ0v) is 20.2. The van der Waals surface area contributed by atoms with Gasteiger partial charge in [-0.3, -0.25) is 4.98 Å². The van der Waals surface area contributed by atoms with Gasteiger partial charge in [-0.25, -0.2) is 4.79 Å². The SMILES string of the molecule is COC1C(OC(=O)N2CC(Cc3ccccn3)C2)CCC2(CO2)C1[C@@]1(C)O[C@@H]1CC=C(C)C. The summed E-state index contributed by atoms with van der Waals surface area (Å²) in [6.07, 6.45) is 6.81. The van der Waals surface area contributed by atoms with Crippen molar-refractivity contribution in [1.82, 2.24) is 9.88 Å². The lowest BCUT2D eigenvalue weighted by Crippen LogP contribution is -2.57. The van der Waals surface area contributed by atoms with Crippen molar-refractivity contribution >= 4 is 6.09 Å². The zero-order chi connectivity index (χ0) is 23.2. The molecule has 4 aliphatic rings. The Balaban J connectivity index is 1.20. The zero-order valence-electron chi connectivity index (χ0n) is 20.2. The summed E-state index contributed by atoms with van der Waals surface area (Å²) in [5, 5.41) is 0. The topological polar surface area (TPSA) is 76.7 Å². The average molecular weight is 457 g/mol. The van der Waals surface area contributed by atoms with Gasteiger partial charge in [-0.2, -0.15) is 0 Å². The molecule has 7 nitrogen and oxygen atoms in total. The van der Waals surface area contributed by atoms with Crippen LogP contribution >= 0.6 is 0 Å².